The predicted octanol–water partition coefficient (Wildman–Crippen LogP) is 3.73. The van der Waals surface area contributed by atoms with Crippen LogP contribution in [0.1, 0.15) is 37.5 Å². The summed E-state index contributed by atoms with van der Waals surface area (Å²) in [4.78, 5) is 16.3. The minimum atomic E-state index is -0.211. The lowest BCUT2D eigenvalue weighted by atomic mass is 9.88. The summed E-state index contributed by atoms with van der Waals surface area (Å²) in [6, 6.07) is 7.69. The standard InChI is InChI=1S/C14H13BrN2O2/c15-11-7-3-1-5-9(11)13-16-14(19-17-13)10-6-2-4-8-12(10)18/h1,3,5,7,10H,2,4,6,8H2. The molecule has 98 valence electrons. The minimum absolute atomic E-state index is 0.211. The van der Waals surface area contributed by atoms with Gasteiger partial charge in [0.15, 0.2) is 0 Å². The summed E-state index contributed by atoms with van der Waals surface area (Å²) in [6.45, 7) is 0. The summed E-state index contributed by atoms with van der Waals surface area (Å²) in [5, 5.41) is 3.99. The van der Waals surface area contributed by atoms with Crippen molar-refractivity contribution in [3.63, 3.8) is 0 Å². The highest BCUT2D eigenvalue weighted by Gasteiger charge is 2.29. The normalized spacial score (nSPS) is 19.6. The Morgan fingerprint density at radius 3 is 2.89 bits per heavy atom. The Kier molecular flexibility index (Phi) is 3.46. The second kappa shape index (κ2) is 5.25. The van der Waals surface area contributed by atoms with Crippen molar-refractivity contribution in [1.82, 2.24) is 10.1 Å². The molecule has 1 fully saturated rings. The summed E-state index contributed by atoms with van der Waals surface area (Å²) < 4.78 is 6.20. The molecule has 0 spiro atoms. The van der Waals surface area contributed by atoms with Crippen LogP contribution in [0.25, 0.3) is 11.4 Å². The van der Waals surface area contributed by atoms with E-state index in [1.165, 1.54) is 0 Å². The molecule has 1 aromatic heterocycles. The molecule has 1 aliphatic rings. The fraction of sp³-hybridized carbons (Fsp3) is 0.357. The summed E-state index contributed by atoms with van der Waals surface area (Å²) in [5.41, 5.74) is 0.876. The van der Waals surface area contributed by atoms with E-state index in [-0.39, 0.29) is 11.7 Å². The first-order chi connectivity index (χ1) is 9.25. The highest BCUT2D eigenvalue weighted by Crippen LogP contribution is 2.31. The van der Waals surface area contributed by atoms with Gasteiger partial charge in [0.05, 0.1) is 5.92 Å². The number of ketones is 1. The lowest BCUT2D eigenvalue weighted by molar-refractivity contribution is -0.122. The summed E-state index contributed by atoms with van der Waals surface area (Å²) in [5.74, 6) is 0.988. The van der Waals surface area contributed by atoms with E-state index in [1.54, 1.807) is 0 Å². The monoisotopic (exact) mass is 320 g/mol. The Morgan fingerprint density at radius 1 is 1.26 bits per heavy atom. The number of benzene rings is 1. The van der Waals surface area contributed by atoms with Gasteiger partial charge >= 0.3 is 0 Å². The van der Waals surface area contributed by atoms with Crippen LogP contribution in [0.5, 0.6) is 0 Å². The van der Waals surface area contributed by atoms with Crippen molar-refractivity contribution in [3.8, 4) is 11.4 Å². The fourth-order valence-corrected chi connectivity index (χ4v) is 2.83. The van der Waals surface area contributed by atoms with Crippen LogP contribution in [0.15, 0.2) is 33.3 Å². The topological polar surface area (TPSA) is 56.0 Å². The van der Waals surface area contributed by atoms with Gasteiger partial charge in [-0.15, -0.1) is 0 Å². The van der Waals surface area contributed by atoms with E-state index < -0.39 is 0 Å². The van der Waals surface area contributed by atoms with Gasteiger partial charge in [0.25, 0.3) is 0 Å². The van der Waals surface area contributed by atoms with E-state index in [0.717, 1.165) is 29.3 Å². The highest BCUT2D eigenvalue weighted by molar-refractivity contribution is 9.10. The van der Waals surface area contributed by atoms with E-state index in [9.17, 15) is 4.79 Å². The van der Waals surface area contributed by atoms with Crippen molar-refractivity contribution < 1.29 is 9.32 Å². The van der Waals surface area contributed by atoms with Crippen molar-refractivity contribution in [1.29, 1.82) is 0 Å². The molecule has 1 unspecified atom stereocenters. The summed E-state index contributed by atoms with van der Waals surface area (Å²) in [7, 11) is 0. The third kappa shape index (κ3) is 2.47. The Balaban J connectivity index is 1.91. The number of rotatable bonds is 2. The van der Waals surface area contributed by atoms with Crippen LogP contribution in [-0.2, 0) is 4.79 Å². The van der Waals surface area contributed by atoms with Gasteiger partial charge < -0.3 is 4.52 Å². The van der Waals surface area contributed by atoms with Crippen LogP contribution in [-0.4, -0.2) is 15.9 Å². The highest BCUT2D eigenvalue weighted by atomic mass is 79.9. The van der Waals surface area contributed by atoms with Gasteiger partial charge in [0.1, 0.15) is 5.78 Å². The Bertz CT molecular complexity index is 609. The molecule has 1 aromatic carbocycles. The SMILES string of the molecule is O=C1CCCCC1c1nc(-c2ccccc2Br)no1. The average molecular weight is 321 g/mol. The molecule has 2 aromatic rings. The predicted molar refractivity (Wildman–Crippen MR) is 73.7 cm³/mol. The summed E-state index contributed by atoms with van der Waals surface area (Å²) >= 11 is 3.46. The molecule has 0 amide bonds. The van der Waals surface area contributed by atoms with Gasteiger partial charge in [0, 0.05) is 16.5 Å². The van der Waals surface area contributed by atoms with Crippen LogP contribution in [0.3, 0.4) is 0 Å². The molecule has 19 heavy (non-hydrogen) atoms. The molecule has 1 aliphatic carbocycles. The van der Waals surface area contributed by atoms with Crippen molar-refractivity contribution in [2.75, 3.05) is 0 Å². The van der Waals surface area contributed by atoms with E-state index in [4.69, 9.17) is 4.52 Å². The lowest BCUT2D eigenvalue weighted by Gasteiger charge is -2.16. The van der Waals surface area contributed by atoms with Crippen LogP contribution < -0.4 is 0 Å². The molecule has 0 aliphatic heterocycles. The summed E-state index contributed by atoms with van der Waals surface area (Å²) in [6.07, 6.45) is 3.46. The second-order valence-corrected chi connectivity index (χ2v) is 5.56. The lowest BCUT2D eigenvalue weighted by Crippen LogP contribution is -2.17. The maximum absolute atomic E-state index is 11.9. The molecule has 1 heterocycles. The molecule has 3 rings (SSSR count). The molecule has 0 radical (unpaired) electrons. The quantitative estimate of drug-likeness (QED) is 0.846. The van der Waals surface area contributed by atoms with Crippen molar-refractivity contribution in [3.05, 3.63) is 34.6 Å². The van der Waals surface area contributed by atoms with Crippen LogP contribution in [0.4, 0.5) is 0 Å². The van der Waals surface area contributed by atoms with Crippen molar-refractivity contribution >= 4 is 21.7 Å². The van der Waals surface area contributed by atoms with Gasteiger partial charge in [-0.25, -0.2) is 0 Å². The largest absolute Gasteiger partial charge is 0.338 e. The first-order valence-corrected chi connectivity index (χ1v) is 7.16. The Labute approximate surface area is 119 Å². The van der Waals surface area contributed by atoms with Crippen LogP contribution in [0, 0.1) is 0 Å². The zero-order valence-electron chi connectivity index (χ0n) is 10.3. The first kappa shape index (κ1) is 12.5. The number of halogens is 1. The number of nitrogens with zero attached hydrogens (tertiary/aromatic N) is 2. The van der Waals surface area contributed by atoms with Gasteiger partial charge in [-0.1, -0.05) is 39.6 Å². The minimum Gasteiger partial charge on any atom is -0.338 e. The molecule has 5 heteroatoms. The molecule has 0 saturated heterocycles. The Morgan fingerprint density at radius 2 is 2.11 bits per heavy atom. The Hall–Kier alpha value is -1.49. The van der Waals surface area contributed by atoms with Crippen molar-refractivity contribution in [2.45, 2.75) is 31.6 Å². The fourth-order valence-electron chi connectivity index (χ4n) is 2.37. The number of hydrogen-bond donors (Lipinski definition) is 0. The average Bonchev–Trinajstić information content (AvgIpc) is 2.89. The van der Waals surface area contributed by atoms with Crippen LogP contribution >= 0.6 is 15.9 Å². The van der Waals surface area contributed by atoms with Gasteiger partial charge in [-0.3, -0.25) is 4.79 Å². The van der Waals surface area contributed by atoms with E-state index in [2.05, 4.69) is 26.1 Å². The van der Waals surface area contributed by atoms with Crippen LogP contribution in [0.2, 0.25) is 0 Å². The molecule has 0 N–H and O–H groups in total. The first-order valence-electron chi connectivity index (χ1n) is 6.37. The maximum atomic E-state index is 11.9. The molecular weight excluding hydrogens is 308 g/mol. The molecule has 0 bridgehead atoms. The number of carbonyl (C=O) groups excluding carboxylic acids is 1. The van der Waals surface area contributed by atoms with E-state index >= 15 is 0 Å². The van der Waals surface area contributed by atoms with E-state index in [1.807, 2.05) is 24.3 Å². The van der Waals surface area contributed by atoms with Gasteiger partial charge in [0.2, 0.25) is 11.7 Å². The van der Waals surface area contributed by atoms with Gasteiger partial charge in [-0.05, 0) is 25.0 Å². The van der Waals surface area contributed by atoms with E-state index in [0.29, 0.717) is 18.1 Å². The molecule has 1 atom stereocenters. The third-order valence-electron chi connectivity index (χ3n) is 3.41. The zero-order chi connectivity index (χ0) is 13.2. The number of aromatic nitrogens is 2. The molecule has 4 nitrogen and oxygen atoms in total. The second-order valence-electron chi connectivity index (χ2n) is 4.70. The third-order valence-corrected chi connectivity index (χ3v) is 4.10. The molecule has 1 saturated carbocycles. The zero-order valence-corrected chi connectivity index (χ0v) is 11.9. The van der Waals surface area contributed by atoms with Crippen molar-refractivity contribution in [2.24, 2.45) is 0 Å². The molecular formula is C14H13BrN2O2. The number of carbonyl (C=O) groups is 1. The number of hydrogen-bond acceptors (Lipinski definition) is 4. The smallest absolute Gasteiger partial charge is 0.237 e. The van der Waals surface area contributed by atoms with Gasteiger partial charge in [-0.2, -0.15) is 4.98 Å². The number of Topliss-reactive ketones (excluding diaryl/α,β-unsaturated/α-hetero) is 1. The maximum Gasteiger partial charge on any atom is 0.237 e.